The van der Waals surface area contributed by atoms with Crippen LogP contribution in [0.25, 0.3) is 0 Å². The molecule has 2 nitrogen and oxygen atoms in total. The van der Waals surface area contributed by atoms with E-state index < -0.39 is 5.92 Å². The second-order valence-corrected chi connectivity index (χ2v) is 2.08. The van der Waals surface area contributed by atoms with Crippen LogP contribution in [-0.4, -0.2) is 12.6 Å². The molecule has 2 radical (unpaired) electrons. The highest BCUT2D eigenvalue weighted by atomic mass is 16.1. The summed E-state index contributed by atoms with van der Waals surface area (Å²) in [5.74, 6) is -0.851. The summed E-state index contributed by atoms with van der Waals surface area (Å²) in [5, 5.41) is 0. The molecule has 0 saturated heterocycles. The Kier molecular flexibility index (Phi) is 2.55. The third-order valence-electron chi connectivity index (χ3n) is 1.37. The number of benzene rings is 1. The topological polar surface area (TPSA) is 34.1 Å². The van der Waals surface area contributed by atoms with Crippen molar-refractivity contribution in [1.29, 1.82) is 0 Å². The third-order valence-corrected chi connectivity index (χ3v) is 1.37. The second-order valence-electron chi connectivity index (χ2n) is 2.08. The van der Waals surface area contributed by atoms with Crippen LogP contribution in [0.4, 0.5) is 0 Å². The molecular formula is C9H6O2. The number of rotatable bonds is 3. The minimum Gasteiger partial charge on any atom is -0.290 e. The minimum absolute atomic E-state index is 0.637. The predicted octanol–water partition coefficient (Wildman–Crippen LogP) is 0.990. The maximum Gasteiger partial charge on any atom is 0.214 e. The number of carbonyl (C=O) groups excluding carboxylic acids is 2. The normalized spacial score (nSPS) is 9.55. The van der Waals surface area contributed by atoms with Crippen molar-refractivity contribution in [2.24, 2.45) is 0 Å². The summed E-state index contributed by atoms with van der Waals surface area (Å²) in [5.41, 5.74) is 0.637. The van der Waals surface area contributed by atoms with Crippen LogP contribution in [0.2, 0.25) is 0 Å². The van der Waals surface area contributed by atoms with Crippen LogP contribution in [0, 0.1) is 0 Å². The Morgan fingerprint density at radius 2 is 1.55 bits per heavy atom. The first-order valence-electron chi connectivity index (χ1n) is 3.18. The van der Waals surface area contributed by atoms with Gasteiger partial charge in [0, 0.05) is 0 Å². The van der Waals surface area contributed by atoms with Gasteiger partial charge in [0.1, 0.15) is 5.92 Å². The standard InChI is InChI=1S/C9H6O2/c10-6-9(7-11)8-4-2-1-3-5-8/h1-5,9H. The zero-order chi connectivity index (χ0) is 8.10. The highest BCUT2D eigenvalue weighted by Crippen LogP contribution is 2.09. The molecule has 0 N–H and O–H groups in total. The molecular weight excluding hydrogens is 140 g/mol. The SMILES string of the molecule is O=[C]C([C]=O)c1ccccc1. The summed E-state index contributed by atoms with van der Waals surface area (Å²) in [7, 11) is 0. The lowest BCUT2D eigenvalue weighted by Crippen LogP contribution is -1.99. The molecule has 0 bridgehead atoms. The maximum atomic E-state index is 10.1. The highest BCUT2D eigenvalue weighted by molar-refractivity contribution is 5.85. The Morgan fingerprint density at radius 1 is 1.00 bits per heavy atom. The van der Waals surface area contributed by atoms with Gasteiger partial charge < -0.3 is 0 Å². The summed E-state index contributed by atoms with van der Waals surface area (Å²) in [4.78, 5) is 20.3. The van der Waals surface area contributed by atoms with E-state index in [1.54, 1.807) is 36.8 Å². The van der Waals surface area contributed by atoms with E-state index in [1.807, 2.05) is 6.07 Å². The summed E-state index contributed by atoms with van der Waals surface area (Å²) in [6.07, 6.45) is 3.19. The largest absolute Gasteiger partial charge is 0.290 e. The summed E-state index contributed by atoms with van der Waals surface area (Å²) in [6.45, 7) is 0. The quantitative estimate of drug-likeness (QED) is 0.596. The Balaban J connectivity index is 2.90. The summed E-state index contributed by atoms with van der Waals surface area (Å²) < 4.78 is 0. The van der Waals surface area contributed by atoms with Gasteiger partial charge >= 0.3 is 0 Å². The molecule has 0 aliphatic heterocycles. The fourth-order valence-corrected chi connectivity index (χ4v) is 0.806. The molecule has 0 unspecified atom stereocenters. The van der Waals surface area contributed by atoms with E-state index in [4.69, 9.17) is 0 Å². The molecule has 0 aromatic heterocycles. The van der Waals surface area contributed by atoms with Gasteiger partial charge in [0.2, 0.25) is 12.6 Å². The molecule has 0 fully saturated rings. The molecule has 1 rings (SSSR count). The molecule has 0 saturated carbocycles. The first kappa shape index (κ1) is 7.66. The van der Waals surface area contributed by atoms with E-state index in [0.29, 0.717) is 5.56 Å². The predicted molar refractivity (Wildman–Crippen MR) is 40.6 cm³/mol. The second kappa shape index (κ2) is 3.66. The molecule has 54 valence electrons. The number of hydrogen-bond acceptors (Lipinski definition) is 2. The molecule has 0 amide bonds. The Hall–Kier alpha value is -1.44. The van der Waals surface area contributed by atoms with E-state index in [9.17, 15) is 9.59 Å². The van der Waals surface area contributed by atoms with Crippen LogP contribution in [0.1, 0.15) is 11.5 Å². The molecule has 2 heteroatoms. The monoisotopic (exact) mass is 146 g/mol. The summed E-state index contributed by atoms with van der Waals surface area (Å²) >= 11 is 0. The smallest absolute Gasteiger partial charge is 0.214 e. The van der Waals surface area contributed by atoms with Crippen molar-refractivity contribution >= 4 is 12.6 Å². The van der Waals surface area contributed by atoms with Crippen LogP contribution in [-0.2, 0) is 9.59 Å². The number of hydrogen-bond donors (Lipinski definition) is 0. The van der Waals surface area contributed by atoms with E-state index in [1.165, 1.54) is 0 Å². The van der Waals surface area contributed by atoms with Crippen molar-refractivity contribution in [3.63, 3.8) is 0 Å². The lowest BCUT2D eigenvalue weighted by atomic mass is 10.0. The van der Waals surface area contributed by atoms with Crippen molar-refractivity contribution in [1.82, 2.24) is 0 Å². The van der Waals surface area contributed by atoms with E-state index in [2.05, 4.69) is 0 Å². The van der Waals surface area contributed by atoms with E-state index in [0.717, 1.165) is 0 Å². The van der Waals surface area contributed by atoms with Crippen molar-refractivity contribution in [2.75, 3.05) is 0 Å². The zero-order valence-electron chi connectivity index (χ0n) is 5.78. The van der Waals surface area contributed by atoms with Crippen LogP contribution in [0.15, 0.2) is 30.3 Å². The summed E-state index contributed by atoms with van der Waals surface area (Å²) in [6, 6.07) is 8.73. The first-order chi connectivity index (χ1) is 5.38. The average Bonchev–Trinajstić information content (AvgIpc) is 2.09. The van der Waals surface area contributed by atoms with E-state index in [-0.39, 0.29) is 0 Å². The molecule has 0 aliphatic carbocycles. The van der Waals surface area contributed by atoms with Crippen LogP contribution >= 0.6 is 0 Å². The van der Waals surface area contributed by atoms with Gasteiger partial charge in [-0.15, -0.1) is 0 Å². The van der Waals surface area contributed by atoms with Gasteiger partial charge in [-0.2, -0.15) is 0 Å². The highest BCUT2D eigenvalue weighted by Gasteiger charge is 2.08. The van der Waals surface area contributed by atoms with Gasteiger partial charge in [0.25, 0.3) is 0 Å². The third kappa shape index (κ3) is 1.74. The lowest BCUT2D eigenvalue weighted by molar-refractivity contribution is 0.534. The molecule has 0 aliphatic rings. The van der Waals surface area contributed by atoms with Crippen molar-refractivity contribution < 1.29 is 9.59 Å². The molecule has 1 aromatic rings. The van der Waals surface area contributed by atoms with Gasteiger partial charge in [0.15, 0.2) is 0 Å². The fourth-order valence-electron chi connectivity index (χ4n) is 0.806. The van der Waals surface area contributed by atoms with Gasteiger partial charge in [-0.3, -0.25) is 9.59 Å². The van der Waals surface area contributed by atoms with E-state index >= 15 is 0 Å². The van der Waals surface area contributed by atoms with Gasteiger partial charge in [-0.05, 0) is 5.56 Å². The van der Waals surface area contributed by atoms with Crippen molar-refractivity contribution in [3.05, 3.63) is 35.9 Å². The molecule has 1 aromatic carbocycles. The van der Waals surface area contributed by atoms with Gasteiger partial charge in [-0.1, -0.05) is 30.3 Å². The Labute approximate surface area is 64.8 Å². The average molecular weight is 146 g/mol. The molecule has 0 atom stereocenters. The van der Waals surface area contributed by atoms with Crippen LogP contribution in [0.3, 0.4) is 0 Å². The molecule has 0 spiro atoms. The molecule has 0 heterocycles. The maximum absolute atomic E-state index is 10.1. The van der Waals surface area contributed by atoms with Crippen molar-refractivity contribution in [2.45, 2.75) is 5.92 Å². The lowest BCUT2D eigenvalue weighted by Gasteiger charge is -1.97. The molecule has 11 heavy (non-hydrogen) atoms. The Bertz CT molecular complexity index is 233. The van der Waals surface area contributed by atoms with Gasteiger partial charge in [0.05, 0.1) is 0 Å². The van der Waals surface area contributed by atoms with Crippen LogP contribution in [0.5, 0.6) is 0 Å². The van der Waals surface area contributed by atoms with Crippen LogP contribution < -0.4 is 0 Å². The minimum atomic E-state index is -0.851. The zero-order valence-corrected chi connectivity index (χ0v) is 5.78. The Morgan fingerprint density at radius 3 is 2.00 bits per heavy atom. The fraction of sp³-hybridized carbons (Fsp3) is 0.111. The van der Waals surface area contributed by atoms with Gasteiger partial charge in [-0.25, -0.2) is 0 Å². The first-order valence-corrected chi connectivity index (χ1v) is 3.18. The van der Waals surface area contributed by atoms with Crippen molar-refractivity contribution in [3.8, 4) is 0 Å².